The lowest BCUT2D eigenvalue weighted by molar-refractivity contribution is 0.1000. The summed E-state index contributed by atoms with van der Waals surface area (Å²) in [6.45, 7) is 1.39. The standard InChI is InChI=1S/C11H13NO3/c12-11(13)8-1-3-9(4-2-8)15-10-5-6-14-7-10/h1-4,10H,5-7H2,(H2,12,13). The smallest absolute Gasteiger partial charge is 0.248 e. The van der Waals surface area contributed by atoms with Crippen molar-refractivity contribution >= 4 is 5.91 Å². The van der Waals surface area contributed by atoms with Gasteiger partial charge in [-0.15, -0.1) is 0 Å². The fraction of sp³-hybridized carbons (Fsp3) is 0.364. The molecular formula is C11H13NO3. The van der Waals surface area contributed by atoms with Crippen molar-refractivity contribution in [1.29, 1.82) is 0 Å². The number of carbonyl (C=O) groups is 1. The maximum Gasteiger partial charge on any atom is 0.248 e. The molecule has 1 heterocycles. The predicted octanol–water partition coefficient (Wildman–Crippen LogP) is 0.953. The van der Waals surface area contributed by atoms with E-state index in [2.05, 4.69) is 0 Å². The van der Waals surface area contributed by atoms with E-state index in [0.29, 0.717) is 12.2 Å². The largest absolute Gasteiger partial charge is 0.488 e. The molecule has 0 aromatic heterocycles. The third-order valence-electron chi connectivity index (χ3n) is 2.33. The molecule has 1 fully saturated rings. The highest BCUT2D eigenvalue weighted by atomic mass is 16.5. The van der Waals surface area contributed by atoms with Crippen molar-refractivity contribution in [2.45, 2.75) is 12.5 Å². The number of hydrogen-bond donors (Lipinski definition) is 1. The Morgan fingerprint density at radius 3 is 2.67 bits per heavy atom. The maximum absolute atomic E-state index is 10.8. The zero-order chi connectivity index (χ0) is 10.7. The van der Waals surface area contributed by atoms with E-state index in [0.717, 1.165) is 18.8 Å². The Balaban J connectivity index is 2.00. The van der Waals surface area contributed by atoms with Crippen LogP contribution >= 0.6 is 0 Å². The number of benzene rings is 1. The molecule has 1 aliphatic heterocycles. The molecule has 1 unspecified atom stereocenters. The van der Waals surface area contributed by atoms with E-state index in [-0.39, 0.29) is 6.10 Å². The van der Waals surface area contributed by atoms with Crippen molar-refractivity contribution in [1.82, 2.24) is 0 Å². The van der Waals surface area contributed by atoms with E-state index >= 15 is 0 Å². The van der Waals surface area contributed by atoms with Crippen LogP contribution in [0.4, 0.5) is 0 Å². The van der Waals surface area contributed by atoms with E-state index < -0.39 is 5.91 Å². The fourth-order valence-electron chi connectivity index (χ4n) is 1.50. The highest BCUT2D eigenvalue weighted by Crippen LogP contribution is 2.17. The van der Waals surface area contributed by atoms with Crippen molar-refractivity contribution < 1.29 is 14.3 Å². The third kappa shape index (κ3) is 2.47. The lowest BCUT2D eigenvalue weighted by atomic mass is 10.2. The van der Waals surface area contributed by atoms with Crippen LogP contribution in [0.3, 0.4) is 0 Å². The molecule has 15 heavy (non-hydrogen) atoms. The average Bonchev–Trinajstić information content (AvgIpc) is 2.71. The summed E-state index contributed by atoms with van der Waals surface area (Å²) in [5, 5.41) is 0. The van der Waals surface area contributed by atoms with E-state index in [1.54, 1.807) is 24.3 Å². The van der Waals surface area contributed by atoms with Gasteiger partial charge >= 0.3 is 0 Å². The van der Waals surface area contributed by atoms with Gasteiger partial charge in [0.05, 0.1) is 13.2 Å². The first-order valence-corrected chi connectivity index (χ1v) is 4.90. The molecule has 2 N–H and O–H groups in total. The topological polar surface area (TPSA) is 61.6 Å². The summed E-state index contributed by atoms with van der Waals surface area (Å²) in [6.07, 6.45) is 1.04. The fourth-order valence-corrected chi connectivity index (χ4v) is 1.50. The Morgan fingerprint density at radius 2 is 2.13 bits per heavy atom. The van der Waals surface area contributed by atoms with E-state index in [1.807, 2.05) is 0 Å². The average molecular weight is 207 g/mol. The molecule has 80 valence electrons. The van der Waals surface area contributed by atoms with Crippen molar-refractivity contribution in [3.8, 4) is 5.75 Å². The number of nitrogens with two attached hydrogens (primary N) is 1. The Morgan fingerprint density at radius 1 is 1.40 bits per heavy atom. The van der Waals surface area contributed by atoms with Gasteiger partial charge in [0, 0.05) is 12.0 Å². The van der Waals surface area contributed by atoms with Gasteiger partial charge in [-0.1, -0.05) is 0 Å². The van der Waals surface area contributed by atoms with Gasteiger partial charge in [0.15, 0.2) is 0 Å². The quantitative estimate of drug-likeness (QED) is 0.802. The minimum atomic E-state index is -0.425. The minimum Gasteiger partial charge on any atom is -0.488 e. The summed E-state index contributed by atoms with van der Waals surface area (Å²) in [4.78, 5) is 10.8. The van der Waals surface area contributed by atoms with Crippen LogP contribution in [0, 0.1) is 0 Å². The first-order valence-electron chi connectivity index (χ1n) is 4.90. The number of carbonyl (C=O) groups excluding carboxylic acids is 1. The second kappa shape index (κ2) is 4.31. The lowest BCUT2D eigenvalue weighted by Crippen LogP contribution is -2.16. The van der Waals surface area contributed by atoms with Gasteiger partial charge in [0.1, 0.15) is 11.9 Å². The van der Waals surface area contributed by atoms with Crippen molar-refractivity contribution in [2.75, 3.05) is 13.2 Å². The van der Waals surface area contributed by atoms with Gasteiger partial charge in [0.2, 0.25) is 5.91 Å². The number of primary amides is 1. The Kier molecular flexibility index (Phi) is 2.87. The van der Waals surface area contributed by atoms with E-state index in [4.69, 9.17) is 15.2 Å². The SMILES string of the molecule is NC(=O)c1ccc(OC2CCOC2)cc1. The summed E-state index contributed by atoms with van der Waals surface area (Å²) in [6, 6.07) is 6.82. The zero-order valence-electron chi connectivity index (χ0n) is 8.31. The maximum atomic E-state index is 10.8. The Labute approximate surface area is 88.0 Å². The van der Waals surface area contributed by atoms with Crippen LogP contribution in [0.25, 0.3) is 0 Å². The minimum absolute atomic E-state index is 0.129. The summed E-state index contributed by atoms with van der Waals surface area (Å²) < 4.78 is 10.8. The van der Waals surface area contributed by atoms with Crippen LogP contribution in [-0.4, -0.2) is 25.2 Å². The number of amides is 1. The zero-order valence-corrected chi connectivity index (χ0v) is 8.31. The molecule has 1 saturated heterocycles. The Bertz CT molecular complexity index is 341. The molecule has 1 aromatic carbocycles. The second-order valence-electron chi connectivity index (χ2n) is 3.49. The Hall–Kier alpha value is -1.55. The first kappa shape index (κ1) is 9.98. The van der Waals surface area contributed by atoms with Crippen molar-refractivity contribution in [2.24, 2.45) is 5.73 Å². The van der Waals surface area contributed by atoms with Crippen LogP contribution in [-0.2, 0) is 4.74 Å². The van der Waals surface area contributed by atoms with E-state index in [1.165, 1.54) is 0 Å². The normalized spacial score (nSPS) is 20.1. The summed E-state index contributed by atoms with van der Waals surface area (Å²) in [7, 11) is 0. The predicted molar refractivity (Wildman–Crippen MR) is 54.8 cm³/mol. The van der Waals surface area contributed by atoms with Crippen LogP contribution in [0.1, 0.15) is 16.8 Å². The lowest BCUT2D eigenvalue weighted by Gasteiger charge is -2.11. The molecule has 1 aliphatic rings. The van der Waals surface area contributed by atoms with Crippen LogP contribution in [0.15, 0.2) is 24.3 Å². The number of ether oxygens (including phenoxy) is 2. The molecular weight excluding hydrogens is 194 g/mol. The molecule has 1 atom stereocenters. The molecule has 1 amide bonds. The van der Waals surface area contributed by atoms with Gasteiger partial charge < -0.3 is 15.2 Å². The van der Waals surface area contributed by atoms with Gasteiger partial charge in [-0.25, -0.2) is 0 Å². The molecule has 1 aromatic rings. The van der Waals surface area contributed by atoms with Crippen LogP contribution < -0.4 is 10.5 Å². The highest BCUT2D eigenvalue weighted by Gasteiger charge is 2.16. The highest BCUT2D eigenvalue weighted by molar-refractivity contribution is 5.92. The monoisotopic (exact) mass is 207 g/mol. The summed E-state index contributed by atoms with van der Waals surface area (Å²) >= 11 is 0. The summed E-state index contributed by atoms with van der Waals surface area (Å²) in [5.41, 5.74) is 5.62. The molecule has 2 rings (SSSR count). The molecule has 0 spiro atoms. The number of hydrogen-bond acceptors (Lipinski definition) is 3. The van der Waals surface area contributed by atoms with Gasteiger partial charge in [-0.3, -0.25) is 4.79 Å². The van der Waals surface area contributed by atoms with Crippen LogP contribution in [0.2, 0.25) is 0 Å². The molecule has 0 radical (unpaired) electrons. The van der Waals surface area contributed by atoms with Gasteiger partial charge in [0.25, 0.3) is 0 Å². The van der Waals surface area contributed by atoms with Crippen LogP contribution in [0.5, 0.6) is 5.75 Å². The van der Waals surface area contributed by atoms with Gasteiger partial charge in [-0.05, 0) is 24.3 Å². The molecule has 0 bridgehead atoms. The molecule has 0 saturated carbocycles. The number of rotatable bonds is 3. The van der Waals surface area contributed by atoms with Crippen molar-refractivity contribution in [3.05, 3.63) is 29.8 Å². The summed E-state index contributed by atoms with van der Waals surface area (Å²) in [5.74, 6) is 0.321. The molecule has 4 heteroatoms. The van der Waals surface area contributed by atoms with Crippen molar-refractivity contribution in [3.63, 3.8) is 0 Å². The molecule has 4 nitrogen and oxygen atoms in total. The van der Waals surface area contributed by atoms with Gasteiger partial charge in [-0.2, -0.15) is 0 Å². The third-order valence-corrected chi connectivity index (χ3v) is 2.33. The second-order valence-corrected chi connectivity index (χ2v) is 3.49. The van der Waals surface area contributed by atoms with E-state index in [9.17, 15) is 4.79 Å². The molecule has 0 aliphatic carbocycles. The first-order chi connectivity index (χ1) is 7.25.